The molecule has 2 rings (SSSR count). The predicted molar refractivity (Wildman–Crippen MR) is 72.9 cm³/mol. The maximum Gasteiger partial charge on any atom is 0.317 e. The van der Waals surface area contributed by atoms with Crippen LogP contribution in [-0.4, -0.2) is 58.6 Å². The van der Waals surface area contributed by atoms with Crippen molar-refractivity contribution in [2.45, 2.75) is 13.0 Å². The van der Waals surface area contributed by atoms with E-state index in [4.69, 9.17) is 10.4 Å². The van der Waals surface area contributed by atoms with Gasteiger partial charge < -0.3 is 5.11 Å². The summed E-state index contributed by atoms with van der Waals surface area (Å²) in [6, 6.07) is 5.77. The molecule has 1 aromatic rings. The topological polar surface area (TPSA) is 80.5 Å². The molecule has 6 nitrogen and oxygen atoms in total. The Bertz CT molecular complexity index is 512. The van der Waals surface area contributed by atoms with Crippen molar-refractivity contribution in [3.05, 3.63) is 29.6 Å². The van der Waals surface area contributed by atoms with Crippen LogP contribution >= 0.6 is 0 Å². The molecular weight excluding hydrogens is 256 g/mol. The number of carbonyl (C=O) groups is 1. The van der Waals surface area contributed by atoms with Gasteiger partial charge in [-0.25, -0.2) is 4.98 Å². The molecular formula is C14H18N4O2. The highest BCUT2D eigenvalue weighted by atomic mass is 16.4. The Hall–Kier alpha value is -1.97. The zero-order chi connectivity index (χ0) is 14.4. The van der Waals surface area contributed by atoms with Crippen molar-refractivity contribution in [1.29, 1.82) is 5.26 Å². The minimum atomic E-state index is -0.772. The monoisotopic (exact) mass is 274 g/mol. The Morgan fingerprint density at radius 3 is 2.85 bits per heavy atom. The lowest BCUT2D eigenvalue weighted by atomic mass is 10.2. The second-order valence-corrected chi connectivity index (χ2v) is 4.96. The summed E-state index contributed by atoms with van der Waals surface area (Å²) in [5.74, 6) is -0.772. The van der Waals surface area contributed by atoms with E-state index >= 15 is 0 Å². The van der Waals surface area contributed by atoms with E-state index in [1.807, 2.05) is 17.0 Å². The number of aromatic nitrogens is 1. The number of aliphatic carboxylic acids is 1. The van der Waals surface area contributed by atoms with Crippen molar-refractivity contribution < 1.29 is 9.90 Å². The summed E-state index contributed by atoms with van der Waals surface area (Å²) in [7, 11) is 0. The van der Waals surface area contributed by atoms with Crippen molar-refractivity contribution in [2.75, 3.05) is 32.7 Å². The molecule has 1 aliphatic rings. The van der Waals surface area contributed by atoms with Crippen molar-refractivity contribution in [1.82, 2.24) is 14.8 Å². The smallest absolute Gasteiger partial charge is 0.317 e. The molecule has 0 atom stereocenters. The summed E-state index contributed by atoms with van der Waals surface area (Å²) in [4.78, 5) is 18.9. The summed E-state index contributed by atoms with van der Waals surface area (Å²) in [5, 5.41) is 17.7. The van der Waals surface area contributed by atoms with Crippen LogP contribution in [0.1, 0.15) is 17.7 Å². The van der Waals surface area contributed by atoms with E-state index in [1.54, 1.807) is 12.3 Å². The van der Waals surface area contributed by atoms with E-state index in [2.05, 4.69) is 9.88 Å². The number of nitriles is 1. The Morgan fingerprint density at radius 1 is 1.35 bits per heavy atom. The first-order chi connectivity index (χ1) is 9.67. The van der Waals surface area contributed by atoms with Crippen LogP contribution < -0.4 is 0 Å². The molecule has 0 unspecified atom stereocenters. The highest BCUT2D eigenvalue weighted by Gasteiger charge is 2.16. The lowest BCUT2D eigenvalue weighted by Gasteiger charge is -2.20. The Kier molecular flexibility index (Phi) is 5.04. The third-order valence-electron chi connectivity index (χ3n) is 3.39. The van der Waals surface area contributed by atoms with Gasteiger partial charge >= 0.3 is 5.97 Å². The molecule has 1 aliphatic heterocycles. The zero-order valence-corrected chi connectivity index (χ0v) is 11.3. The van der Waals surface area contributed by atoms with E-state index in [9.17, 15) is 4.79 Å². The Labute approximate surface area is 118 Å². The standard InChI is InChI=1S/C14H18N4O2/c15-9-13-8-12(2-3-16-13)10-17-4-1-5-18(7-6-17)11-14(19)20/h2-3,8H,1,4-7,10-11H2,(H,19,20). The summed E-state index contributed by atoms with van der Waals surface area (Å²) in [6.45, 7) is 4.27. The van der Waals surface area contributed by atoms with E-state index in [0.29, 0.717) is 5.69 Å². The molecule has 0 radical (unpaired) electrons. The van der Waals surface area contributed by atoms with Gasteiger partial charge in [-0.15, -0.1) is 0 Å². The number of nitrogens with zero attached hydrogens (tertiary/aromatic N) is 4. The maximum absolute atomic E-state index is 10.7. The largest absolute Gasteiger partial charge is 0.480 e. The molecule has 1 aromatic heterocycles. The number of carboxylic acids is 1. The summed E-state index contributed by atoms with van der Waals surface area (Å²) >= 11 is 0. The SMILES string of the molecule is N#Cc1cc(CN2CCCN(CC(=O)O)CC2)ccn1. The van der Waals surface area contributed by atoms with Crippen molar-refractivity contribution in [3.8, 4) is 6.07 Å². The third-order valence-corrected chi connectivity index (χ3v) is 3.39. The lowest BCUT2D eigenvalue weighted by molar-refractivity contribution is -0.138. The number of rotatable bonds is 4. The lowest BCUT2D eigenvalue weighted by Crippen LogP contribution is -2.34. The molecule has 1 saturated heterocycles. The van der Waals surface area contributed by atoms with E-state index in [1.165, 1.54) is 0 Å². The van der Waals surface area contributed by atoms with E-state index < -0.39 is 5.97 Å². The second-order valence-electron chi connectivity index (χ2n) is 4.96. The third kappa shape index (κ3) is 4.30. The highest BCUT2D eigenvalue weighted by Crippen LogP contribution is 2.09. The van der Waals surface area contributed by atoms with Crippen molar-refractivity contribution in [2.24, 2.45) is 0 Å². The molecule has 0 spiro atoms. The van der Waals surface area contributed by atoms with E-state index in [-0.39, 0.29) is 6.54 Å². The van der Waals surface area contributed by atoms with Gasteiger partial charge in [0.05, 0.1) is 6.54 Å². The van der Waals surface area contributed by atoms with Crippen LogP contribution in [0.15, 0.2) is 18.3 Å². The maximum atomic E-state index is 10.7. The minimum absolute atomic E-state index is 0.113. The van der Waals surface area contributed by atoms with Gasteiger partial charge in [0, 0.05) is 32.4 Å². The fourth-order valence-corrected chi connectivity index (χ4v) is 2.42. The number of hydrogen-bond acceptors (Lipinski definition) is 5. The average Bonchev–Trinajstić information content (AvgIpc) is 2.64. The summed E-state index contributed by atoms with van der Waals surface area (Å²) < 4.78 is 0. The number of carboxylic acid groups (broad SMARTS) is 1. The summed E-state index contributed by atoms with van der Waals surface area (Å²) in [5.41, 5.74) is 1.51. The van der Waals surface area contributed by atoms with Gasteiger partial charge in [0.25, 0.3) is 0 Å². The van der Waals surface area contributed by atoms with Gasteiger partial charge in [0.15, 0.2) is 0 Å². The molecule has 1 N–H and O–H groups in total. The van der Waals surface area contributed by atoms with Gasteiger partial charge in [-0.1, -0.05) is 0 Å². The molecule has 1 fully saturated rings. The molecule has 2 heterocycles. The fourth-order valence-electron chi connectivity index (χ4n) is 2.42. The molecule has 106 valence electrons. The molecule has 0 saturated carbocycles. The van der Waals surface area contributed by atoms with Crippen molar-refractivity contribution in [3.63, 3.8) is 0 Å². The van der Waals surface area contributed by atoms with Crippen LogP contribution in [-0.2, 0) is 11.3 Å². The molecule has 0 amide bonds. The van der Waals surface area contributed by atoms with E-state index in [0.717, 1.165) is 44.7 Å². The number of hydrogen-bond donors (Lipinski definition) is 1. The van der Waals surface area contributed by atoms with Crippen LogP contribution in [0.4, 0.5) is 0 Å². The van der Waals surface area contributed by atoms with Crippen molar-refractivity contribution >= 4 is 5.97 Å². The molecule has 20 heavy (non-hydrogen) atoms. The minimum Gasteiger partial charge on any atom is -0.480 e. The zero-order valence-electron chi connectivity index (χ0n) is 11.3. The molecule has 0 bridgehead atoms. The van der Waals surface area contributed by atoms with Crippen LogP contribution in [0, 0.1) is 11.3 Å². The average molecular weight is 274 g/mol. The highest BCUT2D eigenvalue weighted by molar-refractivity contribution is 5.69. The van der Waals surface area contributed by atoms with Crippen LogP contribution in [0.2, 0.25) is 0 Å². The molecule has 0 aliphatic carbocycles. The number of pyridine rings is 1. The first kappa shape index (κ1) is 14.4. The first-order valence-electron chi connectivity index (χ1n) is 6.69. The van der Waals surface area contributed by atoms with Gasteiger partial charge in [-0.05, 0) is 30.7 Å². The second kappa shape index (κ2) is 6.98. The Morgan fingerprint density at radius 2 is 2.10 bits per heavy atom. The molecule has 6 heteroatoms. The van der Waals surface area contributed by atoms with Gasteiger partial charge in [0.1, 0.15) is 11.8 Å². The summed E-state index contributed by atoms with van der Waals surface area (Å²) in [6.07, 6.45) is 2.62. The van der Waals surface area contributed by atoms with Gasteiger partial charge in [-0.2, -0.15) is 5.26 Å². The Balaban J connectivity index is 1.90. The van der Waals surface area contributed by atoms with Gasteiger partial charge in [-0.3, -0.25) is 14.6 Å². The normalized spacial score (nSPS) is 17.4. The molecule has 0 aromatic carbocycles. The van der Waals surface area contributed by atoms with Crippen LogP contribution in [0.3, 0.4) is 0 Å². The first-order valence-corrected chi connectivity index (χ1v) is 6.69. The fraction of sp³-hybridized carbons (Fsp3) is 0.500. The quantitative estimate of drug-likeness (QED) is 0.863. The van der Waals surface area contributed by atoms with Crippen LogP contribution in [0.5, 0.6) is 0 Å². The van der Waals surface area contributed by atoms with Crippen LogP contribution in [0.25, 0.3) is 0 Å². The van der Waals surface area contributed by atoms with Gasteiger partial charge in [0.2, 0.25) is 0 Å². The predicted octanol–water partition coefficient (Wildman–Crippen LogP) is 0.546.